The van der Waals surface area contributed by atoms with Gasteiger partial charge in [0.1, 0.15) is 0 Å². The Hall–Kier alpha value is -0.970. The molecule has 0 bridgehead atoms. The summed E-state index contributed by atoms with van der Waals surface area (Å²) in [5.41, 5.74) is 0.0825. The van der Waals surface area contributed by atoms with Crippen molar-refractivity contribution in [3.8, 4) is 12.3 Å². The molecule has 0 aromatic heterocycles. The molecule has 2 nitrogen and oxygen atoms in total. The molecule has 2 fully saturated rings. The molecule has 1 saturated heterocycles. The summed E-state index contributed by atoms with van der Waals surface area (Å²) in [6.07, 6.45) is 13.4. The van der Waals surface area contributed by atoms with E-state index in [4.69, 9.17) is 6.42 Å². The number of hydrogen-bond acceptors (Lipinski definition) is 1. The number of terminal acetylenes is 1. The average molecular weight is 219 g/mol. The summed E-state index contributed by atoms with van der Waals surface area (Å²) in [5, 5.41) is 0. The third-order valence-electron chi connectivity index (χ3n) is 4.19. The molecule has 1 aliphatic carbocycles. The highest BCUT2D eigenvalue weighted by molar-refractivity contribution is 5.80. The lowest BCUT2D eigenvalue weighted by atomic mass is 9.90. The number of nitrogens with zero attached hydrogens (tertiary/aromatic N) is 1. The number of rotatable bonds is 1. The maximum atomic E-state index is 12.0. The van der Waals surface area contributed by atoms with E-state index in [0.29, 0.717) is 6.42 Å². The summed E-state index contributed by atoms with van der Waals surface area (Å²) in [4.78, 5) is 14.1. The van der Waals surface area contributed by atoms with Crippen LogP contribution in [0.25, 0.3) is 0 Å². The SMILES string of the molecule is C#CC1CC(=O)N(C2(C)CCCCCC2)C1. The lowest BCUT2D eigenvalue weighted by molar-refractivity contribution is -0.133. The van der Waals surface area contributed by atoms with Crippen LogP contribution < -0.4 is 0 Å². The van der Waals surface area contributed by atoms with E-state index in [1.807, 2.05) is 0 Å². The first-order valence-corrected chi connectivity index (χ1v) is 6.42. The Morgan fingerprint density at radius 2 is 1.94 bits per heavy atom. The van der Waals surface area contributed by atoms with Gasteiger partial charge in [-0.2, -0.15) is 0 Å². The van der Waals surface area contributed by atoms with Crippen molar-refractivity contribution in [2.24, 2.45) is 5.92 Å². The summed E-state index contributed by atoms with van der Waals surface area (Å²) in [7, 11) is 0. The molecule has 0 spiro atoms. The van der Waals surface area contributed by atoms with Crippen LogP contribution in [0, 0.1) is 18.3 Å². The number of carbonyl (C=O) groups excluding carboxylic acids is 1. The van der Waals surface area contributed by atoms with Crippen LogP contribution in [0.5, 0.6) is 0 Å². The first-order valence-electron chi connectivity index (χ1n) is 6.42. The monoisotopic (exact) mass is 219 g/mol. The molecule has 16 heavy (non-hydrogen) atoms. The molecule has 2 rings (SSSR count). The topological polar surface area (TPSA) is 20.3 Å². The van der Waals surface area contributed by atoms with Crippen molar-refractivity contribution in [3.05, 3.63) is 0 Å². The van der Waals surface area contributed by atoms with E-state index >= 15 is 0 Å². The van der Waals surface area contributed by atoms with E-state index in [1.165, 1.54) is 25.7 Å². The number of amides is 1. The van der Waals surface area contributed by atoms with Crippen LogP contribution in [0.2, 0.25) is 0 Å². The molecule has 1 amide bonds. The van der Waals surface area contributed by atoms with E-state index in [9.17, 15) is 4.79 Å². The van der Waals surface area contributed by atoms with Gasteiger partial charge in [0.05, 0.1) is 0 Å². The van der Waals surface area contributed by atoms with Crippen molar-refractivity contribution in [2.45, 2.75) is 57.4 Å². The molecule has 2 aliphatic rings. The van der Waals surface area contributed by atoms with E-state index < -0.39 is 0 Å². The highest BCUT2D eigenvalue weighted by Crippen LogP contribution is 2.36. The zero-order chi connectivity index (χ0) is 11.6. The Morgan fingerprint density at radius 3 is 2.44 bits per heavy atom. The standard InChI is InChI=1S/C14H21NO/c1-3-12-10-13(16)15(11-12)14(2)8-6-4-5-7-9-14/h1,12H,4-11H2,2H3. The fourth-order valence-electron chi connectivity index (χ4n) is 3.10. The fraction of sp³-hybridized carbons (Fsp3) is 0.786. The lowest BCUT2D eigenvalue weighted by Gasteiger charge is -2.38. The Balaban J connectivity index is 2.10. The van der Waals surface area contributed by atoms with Gasteiger partial charge >= 0.3 is 0 Å². The first kappa shape index (κ1) is 11.5. The fourth-order valence-corrected chi connectivity index (χ4v) is 3.10. The third kappa shape index (κ3) is 2.09. The maximum absolute atomic E-state index is 12.0. The van der Waals surface area contributed by atoms with Crippen LogP contribution in [0.15, 0.2) is 0 Å². The number of likely N-dealkylation sites (tertiary alicyclic amines) is 1. The Kier molecular flexibility index (Phi) is 3.23. The average Bonchev–Trinajstić information content (AvgIpc) is 2.51. The van der Waals surface area contributed by atoms with Crippen LogP contribution >= 0.6 is 0 Å². The van der Waals surface area contributed by atoms with Crippen LogP contribution in [-0.2, 0) is 4.79 Å². The molecular formula is C14H21NO. The minimum atomic E-state index is 0.0825. The molecule has 1 unspecified atom stereocenters. The molecule has 0 aromatic carbocycles. The van der Waals surface area contributed by atoms with Crippen LogP contribution in [0.3, 0.4) is 0 Å². The summed E-state index contributed by atoms with van der Waals surface area (Å²) in [6, 6.07) is 0. The molecular weight excluding hydrogens is 198 g/mol. The lowest BCUT2D eigenvalue weighted by Crippen LogP contribution is -2.46. The minimum absolute atomic E-state index is 0.0825. The first-order chi connectivity index (χ1) is 7.65. The predicted octanol–water partition coefficient (Wildman–Crippen LogP) is 2.58. The molecule has 1 aliphatic heterocycles. The molecule has 0 aromatic rings. The number of carbonyl (C=O) groups is 1. The Labute approximate surface area is 98.4 Å². The normalized spacial score (nSPS) is 29.9. The highest BCUT2D eigenvalue weighted by Gasteiger charge is 2.40. The van der Waals surface area contributed by atoms with Crippen LogP contribution in [-0.4, -0.2) is 22.9 Å². The van der Waals surface area contributed by atoms with Gasteiger partial charge in [0.25, 0.3) is 0 Å². The van der Waals surface area contributed by atoms with Gasteiger partial charge in [-0.3, -0.25) is 4.79 Å². The van der Waals surface area contributed by atoms with E-state index in [2.05, 4.69) is 17.7 Å². The largest absolute Gasteiger partial charge is 0.336 e. The maximum Gasteiger partial charge on any atom is 0.224 e. The van der Waals surface area contributed by atoms with Crippen molar-refractivity contribution in [1.82, 2.24) is 4.90 Å². The van der Waals surface area contributed by atoms with Crippen LogP contribution in [0.1, 0.15) is 51.9 Å². The Morgan fingerprint density at radius 1 is 1.31 bits per heavy atom. The summed E-state index contributed by atoms with van der Waals surface area (Å²) in [5.74, 6) is 3.15. The summed E-state index contributed by atoms with van der Waals surface area (Å²) in [6.45, 7) is 3.03. The van der Waals surface area contributed by atoms with E-state index in [0.717, 1.165) is 19.4 Å². The number of hydrogen-bond donors (Lipinski definition) is 0. The third-order valence-corrected chi connectivity index (χ3v) is 4.19. The van der Waals surface area contributed by atoms with Crippen molar-refractivity contribution in [3.63, 3.8) is 0 Å². The van der Waals surface area contributed by atoms with Gasteiger partial charge in [-0.1, -0.05) is 25.7 Å². The molecule has 1 saturated carbocycles. The van der Waals surface area contributed by atoms with Gasteiger partial charge in [-0.05, 0) is 19.8 Å². The highest BCUT2D eigenvalue weighted by atomic mass is 16.2. The molecule has 88 valence electrons. The van der Waals surface area contributed by atoms with Gasteiger partial charge in [-0.15, -0.1) is 12.3 Å². The summed E-state index contributed by atoms with van der Waals surface area (Å²) >= 11 is 0. The molecule has 0 radical (unpaired) electrons. The van der Waals surface area contributed by atoms with Crippen LogP contribution in [0.4, 0.5) is 0 Å². The van der Waals surface area contributed by atoms with Gasteiger partial charge in [0.2, 0.25) is 5.91 Å². The van der Waals surface area contributed by atoms with Crippen molar-refractivity contribution < 1.29 is 4.79 Å². The second-order valence-electron chi connectivity index (χ2n) is 5.48. The van der Waals surface area contributed by atoms with Gasteiger partial charge in [0, 0.05) is 24.4 Å². The quantitative estimate of drug-likeness (QED) is 0.490. The van der Waals surface area contributed by atoms with E-state index in [1.54, 1.807) is 0 Å². The Bertz CT molecular complexity index is 307. The second kappa shape index (κ2) is 4.49. The van der Waals surface area contributed by atoms with E-state index in [-0.39, 0.29) is 17.4 Å². The minimum Gasteiger partial charge on any atom is -0.336 e. The smallest absolute Gasteiger partial charge is 0.224 e. The molecule has 1 atom stereocenters. The van der Waals surface area contributed by atoms with Crippen molar-refractivity contribution in [2.75, 3.05) is 6.54 Å². The van der Waals surface area contributed by atoms with Gasteiger partial charge in [0.15, 0.2) is 0 Å². The van der Waals surface area contributed by atoms with Gasteiger partial charge < -0.3 is 4.90 Å². The molecule has 1 heterocycles. The van der Waals surface area contributed by atoms with Crippen molar-refractivity contribution >= 4 is 5.91 Å². The molecule has 0 N–H and O–H groups in total. The predicted molar refractivity (Wildman–Crippen MR) is 64.8 cm³/mol. The second-order valence-corrected chi connectivity index (χ2v) is 5.48. The van der Waals surface area contributed by atoms with Crippen molar-refractivity contribution in [1.29, 1.82) is 0 Å². The summed E-state index contributed by atoms with van der Waals surface area (Å²) < 4.78 is 0. The zero-order valence-corrected chi connectivity index (χ0v) is 10.2. The zero-order valence-electron chi connectivity index (χ0n) is 10.2. The molecule has 2 heteroatoms. The van der Waals surface area contributed by atoms with Gasteiger partial charge in [-0.25, -0.2) is 0 Å².